The summed E-state index contributed by atoms with van der Waals surface area (Å²) in [5, 5.41) is 0. The Morgan fingerprint density at radius 2 is 1.59 bits per heavy atom. The summed E-state index contributed by atoms with van der Waals surface area (Å²) >= 11 is 0. The van der Waals surface area contributed by atoms with Crippen LogP contribution in [0, 0.1) is 17.6 Å². The fourth-order valence-electron chi connectivity index (χ4n) is 3.56. The summed E-state index contributed by atoms with van der Waals surface area (Å²) in [6, 6.07) is 11.9. The highest BCUT2D eigenvalue weighted by Crippen LogP contribution is 2.37. The maximum atomic E-state index is 13.8. The molecule has 0 unspecified atom stereocenters. The van der Waals surface area contributed by atoms with Crippen LogP contribution in [0.25, 0.3) is 11.1 Å². The van der Waals surface area contributed by atoms with Gasteiger partial charge < -0.3 is 0 Å². The predicted molar refractivity (Wildman–Crippen MR) is 86.8 cm³/mol. The molecule has 0 aromatic heterocycles. The van der Waals surface area contributed by atoms with E-state index in [0.717, 1.165) is 17.5 Å². The van der Waals surface area contributed by atoms with Gasteiger partial charge in [-0.25, -0.2) is 8.78 Å². The first kappa shape index (κ1) is 15.2. The Bertz CT molecular complexity index is 623. The van der Waals surface area contributed by atoms with Gasteiger partial charge in [0.05, 0.1) is 0 Å². The van der Waals surface area contributed by atoms with Gasteiger partial charge in [-0.15, -0.1) is 0 Å². The van der Waals surface area contributed by atoms with Crippen LogP contribution in [0.4, 0.5) is 8.78 Å². The van der Waals surface area contributed by atoms with E-state index in [9.17, 15) is 8.78 Å². The van der Waals surface area contributed by atoms with E-state index in [-0.39, 0.29) is 0 Å². The van der Waals surface area contributed by atoms with Gasteiger partial charge in [0, 0.05) is 11.6 Å². The van der Waals surface area contributed by atoms with E-state index in [1.807, 2.05) is 12.1 Å². The second-order valence-corrected chi connectivity index (χ2v) is 6.37. The highest BCUT2D eigenvalue weighted by molar-refractivity contribution is 5.64. The third-order valence-electron chi connectivity index (χ3n) is 5.05. The van der Waals surface area contributed by atoms with Crippen LogP contribution in [0.15, 0.2) is 42.5 Å². The van der Waals surface area contributed by atoms with Crippen molar-refractivity contribution in [2.24, 2.45) is 5.92 Å². The maximum Gasteiger partial charge on any atom is 0.133 e. The molecule has 2 heteroatoms. The van der Waals surface area contributed by atoms with Crippen molar-refractivity contribution in [1.29, 1.82) is 0 Å². The lowest BCUT2D eigenvalue weighted by molar-refractivity contribution is 0.319. The first-order valence-corrected chi connectivity index (χ1v) is 8.22. The predicted octanol–water partition coefficient (Wildman–Crippen LogP) is 6.32. The molecular formula is C20H22F2. The van der Waals surface area contributed by atoms with Gasteiger partial charge in [0.15, 0.2) is 0 Å². The van der Waals surface area contributed by atoms with Crippen LogP contribution < -0.4 is 0 Å². The summed E-state index contributed by atoms with van der Waals surface area (Å²) in [5.41, 5.74) is 2.62. The topological polar surface area (TPSA) is 0 Å². The molecule has 3 rings (SSSR count). The molecule has 22 heavy (non-hydrogen) atoms. The fourth-order valence-corrected chi connectivity index (χ4v) is 3.56. The smallest absolute Gasteiger partial charge is 0.133 e. The maximum absolute atomic E-state index is 13.8. The van der Waals surface area contributed by atoms with Gasteiger partial charge >= 0.3 is 0 Å². The summed E-state index contributed by atoms with van der Waals surface area (Å²) in [7, 11) is 0. The first-order valence-electron chi connectivity index (χ1n) is 8.22. The monoisotopic (exact) mass is 300 g/mol. The Morgan fingerprint density at radius 1 is 0.909 bits per heavy atom. The molecule has 0 spiro atoms. The summed E-state index contributed by atoms with van der Waals surface area (Å²) in [4.78, 5) is 0. The van der Waals surface area contributed by atoms with Gasteiger partial charge in [0.1, 0.15) is 11.6 Å². The minimum Gasteiger partial charge on any atom is -0.207 e. The average Bonchev–Trinajstić information content (AvgIpc) is 2.55. The zero-order valence-electron chi connectivity index (χ0n) is 13.0. The molecule has 0 saturated heterocycles. The van der Waals surface area contributed by atoms with Crippen LogP contribution in [-0.4, -0.2) is 0 Å². The second-order valence-electron chi connectivity index (χ2n) is 6.37. The van der Waals surface area contributed by atoms with E-state index in [1.54, 1.807) is 0 Å². The summed E-state index contributed by atoms with van der Waals surface area (Å²) < 4.78 is 26.8. The van der Waals surface area contributed by atoms with Crippen molar-refractivity contribution in [2.45, 2.75) is 44.9 Å². The molecule has 1 aliphatic carbocycles. The standard InChI is InChI=1S/C20H22F2/c1-2-14-3-5-15(6-4-14)16-7-9-17(10-8-16)19-12-11-18(21)13-20(19)22/h7-15H,2-6H2,1H3/t14-,15-. The summed E-state index contributed by atoms with van der Waals surface area (Å²) in [6.45, 7) is 2.27. The fraction of sp³-hybridized carbons (Fsp3) is 0.400. The normalized spacial score (nSPS) is 21.8. The van der Waals surface area contributed by atoms with Gasteiger partial charge in [0.2, 0.25) is 0 Å². The van der Waals surface area contributed by atoms with E-state index >= 15 is 0 Å². The summed E-state index contributed by atoms with van der Waals surface area (Å²) in [6.07, 6.45) is 6.42. The minimum atomic E-state index is -0.537. The molecule has 0 aliphatic heterocycles. The molecule has 0 N–H and O–H groups in total. The third-order valence-corrected chi connectivity index (χ3v) is 5.05. The highest BCUT2D eigenvalue weighted by atomic mass is 19.1. The van der Waals surface area contributed by atoms with Crippen molar-refractivity contribution >= 4 is 0 Å². The quantitative estimate of drug-likeness (QED) is 0.622. The van der Waals surface area contributed by atoms with Gasteiger partial charge in [0.25, 0.3) is 0 Å². The Labute approximate surface area is 131 Å². The molecule has 1 fully saturated rings. The van der Waals surface area contributed by atoms with E-state index in [4.69, 9.17) is 0 Å². The van der Waals surface area contributed by atoms with E-state index in [0.29, 0.717) is 11.5 Å². The Morgan fingerprint density at radius 3 is 2.18 bits per heavy atom. The zero-order chi connectivity index (χ0) is 15.5. The molecule has 2 aromatic rings. The van der Waals surface area contributed by atoms with Crippen molar-refractivity contribution in [3.8, 4) is 11.1 Å². The van der Waals surface area contributed by atoms with Crippen LogP contribution in [0.5, 0.6) is 0 Å². The minimum absolute atomic E-state index is 0.461. The van der Waals surface area contributed by atoms with Gasteiger partial charge in [-0.3, -0.25) is 0 Å². The Kier molecular flexibility index (Phi) is 4.56. The number of benzene rings is 2. The Hall–Kier alpha value is -1.70. The molecular weight excluding hydrogens is 278 g/mol. The number of hydrogen-bond acceptors (Lipinski definition) is 0. The van der Waals surface area contributed by atoms with Crippen molar-refractivity contribution in [3.05, 3.63) is 59.7 Å². The lowest BCUT2D eigenvalue weighted by atomic mass is 9.77. The molecule has 0 nitrogen and oxygen atoms in total. The molecule has 0 bridgehead atoms. The third kappa shape index (κ3) is 3.21. The molecule has 116 valence electrons. The molecule has 0 heterocycles. The van der Waals surface area contributed by atoms with Gasteiger partial charge in [-0.1, -0.05) is 37.6 Å². The molecule has 2 aromatic carbocycles. The molecule has 1 aliphatic rings. The summed E-state index contributed by atoms with van der Waals surface area (Å²) in [5.74, 6) is 0.487. The second kappa shape index (κ2) is 6.60. The van der Waals surface area contributed by atoms with Crippen LogP contribution >= 0.6 is 0 Å². The van der Waals surface area contributed by atoms with Crippen molar-refractivity contribution < 1.29 is 8.78 Å². The van der Waals surface area contributed by atoms with Crippen LogP contribution in [0.2, 0.25) is 0 Å². The average molecular weight is 300 g/mol. The van der Waals surface area contributed by atoms with Crippen molar-refractivity contribution in [3.63, 3.8) is 0 Å². The lowest BCUT2D eigenvalue weighted by Gasteiger charge is -2.28. The number of rotatable bonds is 3. The first-order chi connectivity index (χ1) is 10.7. The van der Waals surface area contributed by atoms with Crippen LogP contribution in [-0.2, 0) is 0 Å². The Balaban J connectivity index is 1.75. The van der Waals surface area contributed by atoms with E-state index < -0.39 is 11.6 Å². The molecule has 0 atom stereocenters. The van der Waals surface area contributed by atoms with Gasteiger partial charge in [-0.2, -0.15) is 0 Å². The highest BCUT2D eigenvalue weighted by Gasteiger charge is 2.21. The SMILES string of the molecule is CC[C@H]1CC[C@H](c2ccc(-c3ccc(F)cc3F)cc2)CC1. The van der Waals surface area contributed by atoms with E-state index in [2.05, 4.69) is 19.1 Å². The zero-order valence-corrected chi connectivity index (χ0v) is 13.0. The lowest BCUT2D eigenvalue weighted by Crippen LogP contribution is -2.12. The van der Waals surface area contributed by atoms with E-state index in [1.165, 1.54) is 49.8 Å². The van der Waals surface area contributed by atoms with Gasteiger partial charge in [-0.05, 0) is 60.8 Å². The number of hydrogen-bond donors (Lipinski definition) is 0. The van der Waals surface area contributed by atoms with Crippen molar-refractivity contribution in [1.82, 2.24) is 0 Å². The molecule has 0 amide bonds. The number of halogens is 2. The van der Waals surface area contributed by atoms with Crippen LogP contribution in [0.3, 0.4) is 0 Å². The largest absolute Gasteiger partial charge is 0.207 e. The van der Waals surface area contributed by atoms with Crippen LogP contribution in [0.1, 0.15) is 50.5 Å². The molecule has 0 radical (unpaired) electrons. The molecule has 1 saturated carbocycles. The van der Waals surface area contributed by atoms with Crippen molar-refractivity contribution in [2.75, 3.05) is 0 Å².